The fourth-order valence-electron chi connectivity index (χ4n) is 2.50. The first-order chi connectivity index (χ1) is 12.8. The second-order valence-corrected chi connectivity index (χ2v) is 5.64. The maximum Gasteiger partial charge on any atom is 0.417 e. The van der Waals surface area contributed by atoms with Gasteiger partial charge in [-0.1, -0.05) is 24.3 Å². The zero-order chi connectivity index (χ0) is 20.0. The lowest BCUT2D eigenvalue weighted by molar-refractivity contribution is -0.142. The van der Waals surface area contributed by atoms with Crippen LogP contribution in [-0.2, 0) is 22.1 Å². The summed E-state index contributed by atoms with van der Waals surface area (Å²) in [5.41, 5.74) is -0.959. The second kappa shape index (κ2) is 8.57. The van der Waals surface area contributed by atoms with Gasteiger partial charge in [-0.2, -0.15) is 13.2 Å². The van der Waals surface area contributed by atoms with Crippen molar-refractivity contribution in [3.05, 3.63) is 65.2 Å². The molecular weight excluding hydrogens is 363 g/mol. The summed E-state index contributed by atoms with van der Waals surface area (Å²) in [6.45, 7) is 0. The van der Waals surface area contributed by atoms with Crippen LogP contribution in [-0.4, -0.2) is 32.1 Å². The van der Waals surface area contributed by atoms with Gasteiger partial charge in [-0.3, -0.25) is 4.79 Å². The van der Waals surface area contributed by atoms with E-state index in [4.69, 9.17) is 4.74 Å². The van der Waals surface area contributed by atoms with Crippen LogP contribution in [0, 0.1) is 0 Å². The molecule has 0 spiro atoms. The quantitative estimate of drug-likeness (QED) is 0.781. The molecule has 27 heavy (non-hydrogen) atoms. The minimum atomic E-state index is -4.69. The van der Waals surface area contributed by atoms with E-state index in [0.717, 1.165) is 19.2 Å². The predicted octanol–water partition coefficient (Wildman–Crippen LogP) is 3.23. The highest BCUT2D eigenvalue weighted by Gasteiger charge is 2.35. The van der Waals surface area contributed by atoms with Crippen molar-refractivity contribution in [3.63, 3.8) is 0 Å². The van der Waals surface area contributed by atoms with Gasteiger partial charge in [0.25, 0.3) is 5.91 Å². The highest BCUT2D eigenvalue weighted by Crippen LogP contribution is 2.31. The van der Waals surface area contributed by atoms with Gasteiger partial charge in [0.1, 0.15) is 11.8 Å². The molecule has 2 rings (SSSR count). The molecule has 0 aliphatic heterocycles. The average Bonchev–Trinajstić information content (AvgIpc) is 2.66. The number of amides is 1. The Kier molecular flexibility index (Phi) is 6.44. The van der Waals surface area contributed by atoms with Gasteiger partial charge >= 0.3 is 12.1 Å². The zero-order valence-electron chi connectivity index (χ0n) is 14.7. The first-order valence-electron chi connectivity index (χ1n) is 7.94. The number of methoxy groups -OCH3 is 2. The van der Waals surface area contributed by atoms with Crippen LogP contribution in [0.4, 0.5) is 13.2 Å². The Labute approximate surface area is 154 Å². The van der Waals surface area contributed by atoms with Crippen LogP contribution in [0.2, 0.25) is 0 Å². The van der Waals surface area contributed by atoms with E-state index in [1.165, 1.54) is 19.2 Å². The molecule has 0 aliphatic carbocycles. The first-order valence-corrected chi connectivity index (χ1v) is 7.94. The molecule has 0 fully saturated rings. The van der Waals surface area contributed by atoms with E-state index in [1.807, 2.05) is 0 Å². The molecule has 0 unspecified atom stereocenters. The Balaban J connectivity index is 2.23. The molecule has 0 saturated heterocycles. The average molecular weight is 381 g/mol. The second-order valence-electron chi connectivity index (χ2n) is 5.64. The number of esters is 1. The van der Waals surface area contributed by atoms with Crippen molar-refractivity contribution in [2.45, 2.75) is 18.6 Å². The van der Waals surface area contributed by atoms with Crippen molar-refractivity contribution < 1.29 is 32.2 Å². The summed E-state index contributed by atoms with van der Waals surface area (Å²) in [5.74, 6) is -1.16. The van der Waals surface area contributed by atoms with E-state index in [2.05, 4.69) is 10.1 Å². The minimum absolute atomic E-state index is 0.0522. The normalized spacial score (nSPS) is 12.2. The molecule has 0 bridgehead atoms. The van der Waals surface area contributed by atoms with Crippen LogP contribution in [0.1, 0.15) is 21.5 Å². The molecule has 1 N–H and O–H groups in total. The van der Waals surface area contributed by atoms with Crippen LogP contribution in [0.15, 0.2) is 48.5 Å². The molecule has 8 heteroatoms. The van der Waals surface area contributed by atoms with Crippen LogP contribution in [0.3, 0.4) is 0 Å². The summed E-state index contributed by atoms with van der Waals surface area (Å²) in [5, 5.41) is 2.33. The van der Waals surface area contributed by atoms with Crippen molar-refractivity contribution in [2.75, 3.05) is 14.2 Å². The van der Waals surface area contributed by atoms with Gasteiger partial charge in [-0.15, -0.1) is 0 Å². The Morgan fingerprint density at radius 2 is 1.67 bits per heavy atom. The fraction of sp³-hybridized carbons (Fsp3) is 0.263. The SMILES string of the molecule is COC(=O)[C@@H](Cc1ccc(OC)cc1)NC(=O)c1ccccc1C(F)(F)F. The van der Waals surface area contributed by atoms with Gasteiger partial charge in [0.05, 0.1) is 25.3 Å². The molecule has 1 atom stereocenters. The third kappa shape index (κ3) is 5.22. The third-order valence-corrected chi connectivity index (χ3v) is 3.87. The fourth-order valence-corrected chi connectivity index (χ4v) is 2.50. The van der Waals surface area contributed by atoms with Crippen LogP contribution in [0.5, 0.6) is 5.75 Å². The summed E-state index contributed by atoms with van der Waals surface area (Å²) in [6.07, 6.45) is -4.64. The highest BCUT2D eigenvalue weighted by molar-refractivity contribution is 5.98. The molecule has 0 aliphatic rings. The summed E-state index contributed by atoms with van der Waals surface area (Å²) < 4.78 is 49.0. The smallest absolute Gasteiger partial charge is 0.417 e. The van der Waals surface area contributed by atoms with Gasteiger partial charge in [-0.25, -0.2) is 4.79 Å². The monoisotopic (exact) mass is 381 g/mol. The van der Waals surface area contributed by atoms with Gasteiger partial charge in [-0.05, 0) is 29.8 Å². The van der Waals surface area contributed by atoms with Crippen molar-refractivity contribution in [1.82, 2.24) is 5.32 Å². The molecule has 0 radical (unpaired) electrons. The third-order valence-electron chi connectivity index (χ3n) is 3.87. The Bertz CT molecular complexity index is 803. The van der Waals surface area contributed by atoms with Gasteiger partial charge < -0.3 is 14.8 Å². The van der Waals surface area contributed by atoms with Crippen LogP contribution >= 0.6 is 0 Å². The summed E-state index contributed by atoms with van der Waals surface area (Å²) in [4.78, 5) is 24.4. The zero-order valence-corrected chi connectivity index (χ0v) is 14.7. The molecule has 2 aromatic carbocycles. The molecule has 0 aromatic heterocycles. The summed E-state index contributed by atoms with van der Waals surface area (Å²) >= 11 is 0. The van der Waals surface area contributed by atoms with Crippen molar-refractivity contribution in [1.29, 1.82) is 0 Å². The summed E-state index contributed by atoms with van der Waals surface area (Å²) in [6, 6.07) is 9.95. The number of ether oxygens (including phenoxy) is 2. The van der Waals surface area contributed by atoms with E-state index in [1.54, 1.807) is 24.3 Å². The predicted molar refractivity (Wildman–Crippen MR) is 91.4 cm³/mol. The number of alkyl halides is 3. The van der Waals surface area contributed by atoms with E-state index in [-0.39, 0.29) is 6.42 Å². The number of carbonyl (C=O) groups is 2. The van der Waals surface area contributed by atoms with E-state index in [9.17, 15) is 22.8 Å². The van der Waals surface area contributed by atoms with Gasteiger partial charge in [0.15, 0.2) is 0 Å². The van der Waals surface area contributed by atoms with Crippen molar-refractivity contribution in [2.24, 2.45) is 0 Å². The number of carbonyl (C=O) groups excluding carboxylic acids is 2. The van der Waals surface area contributed by atoms with E-state index in [0.29, 0.717) is 11.3 Å². The van der Waals surface area contributed by atoms with E-state index < -0.39 is 35.2 Å². The molecule has 144 valence electrons. The highest BCUT2D eigenvalue weighted by atomic mass is 19.4. The lowest BCUT2D eigenvalue weighted by Gasteiger charge is -2.18. The maximum absolute atomic E-state index is 13.1. The Morgan fingerprint density at radius 3 is 2.22 bits per heavy atom. The van der Waals surface area contributed by atoms with Crippen LogP contribution < -0.4 is 10.1 Å². The number of rotatable bonds is 6. The molecule has 0 heterocycles. The molecule has 1 amide bonds. The standard InChI is InChI=1S/C19H18F3NO4/c1-26-13-9-7-12(8-10-13)11-16(18(25)27-2)23-17(24)14-5-3-4-6-15(14)19(20,21)22/h3-10,16H,11H2,1-2H3,(H,23,24)/t16-/m1/s1. The first kappa shape index (κ1) is 20.3. The number of halogens is 3. The number of hydrogen-bond donors (Lipinski definition) is 1. The molecule has 2 aromatic rings. The van der Waals surface area contributed by atoms with E-state index >= 15 is 0 Å². The lowest BCUT2D eigenvalue weighted by atomic mass is 10.0. The Hall–Kier alpha value is -3.03. The van der Waals surface area contributed by atoms with Gasteiger partial charge in [0, 0.05) is 6.42 Å². The number of nitrogens with one attached hydrogen (secondary N) is 1. The molecule has 0 saturated carbocycles. The molecule has 5 nitrogen and oxygen atoms in total. The van der Waals surface area contributed by atoms with Crippen molar-refractivity contribution >= 4 is 11.9 Å². The van der Waals surface area contributed by atoms with Crippen molar-refractivity contribution in [3.8, 4) is 5.75 Å². The lowest BCUT2D eigenvalue weighted by Crippen LogP contribution is -2.43. The maximum atomic E-state index is 13.1. The van der Waals surface area contributed by atoms with Gasteiger partial charge in [0.2, 0.25) is 0 Å². The molecular formula is C19H18F3NO4. The largest absolute Gasteiger partial charge is 0.497 e. The topological polar surface area (TPSA) is 64.6 Å². The number of benzene rings is 2. The Morgan fingerprint density at radius 1 is 1.04 bits per heavy atom. The minimum Gasteiger partial charge on any atom is -0.497 e. The number of hydrogen-bond acceptors (Lipinski definition) is 4. The summed E-state index contributed by atoms with van der Waals surface area (Å²) in [7, 11) is 2.64. The van der Waals surface area contributed by atoms with Crippen LogP contribution in [0.25, 0.3) is 0 Å².